The fourth-order valence-corrected chi connectivity index (χ4v) is 2.25. The summed E-state index contributed by atoms with van der Waals surface area (Å²) >= 11 is 0. The van der Waals surface area contributed by atoms with Gasteiger partial charge in [0.05, 0.1) is 0 Å². The maximum Gasteiger partial charge on any atom is 0.183 e. The number of aromatic nitrogens is 2. The predicted molar refractivity (Wildman–Crippen MR) is 62.0 cm³/mol. The molecule has 2 heterocycles. The zero-order valence-electron chi connectivity index (χ0n) is 9.77. The van der Waals surface area contributed by atoms with E-state index in [4.69, 9.17) is 5.26 Å². The molecule has 1 aliphatic heterocycles. The molecule has 0 radical (unpaired) electrons. The molecular weight excluding hydrogens is 200 g/mol. The Balaban J connectivity index is 2.27. The van der Waals surface area contributed by atoms with Crippen LogP contribution >= 0.6 is 0 Å². The van der Waals surface area contributed by atoms with Crippen LogP contribution in [-0.4, -0.2) is 23.1 Å². The van der Waals surface area contributed by atoms with Crippen molar-refractivity contribution in [3.63, 3.8) is 0 Å². The second-order valence-corrected chi connectivity index (χ2v) is 5.03. The number of nitrogens with zero attached hydrogens (tertiary/aromatic N) is 4. The Morgan fingerprint density at radius 1 is 1.38 bits per heavy atom. The van der Waals surface area contributed by atoms with Crippen molar-refractivity contribution in [2.75, 3.05) is 18.0 Å². The maximum absolute atomic E-state index is 9.00. The van der Waals surface area contributed by atoms with Crippen molar-refractivity contribution in [2.24, 2.45) is 5.41 Å². The molecule has 1 saturated heterocycles. The molecule has 1 aromatic heterocycles. The Morgan fingerprint density at radius 3 is 2.81 bits per heavy atom. The summed E-state index contributed by atoms with van der Waals surface area (Å²) in [5, 5.41) is 9.00. The van der Waals surface area contributed by atoms with Crippen LogP contribution in [0.25, 0.3) is 0 Å². The van der Waals surface area contributed by atoms with Crippen LogP contribution in [0.5, 0.6) is 0 Å². The molecule has 2 rings (SSSR count). The molecule has 1 fully saturated rings. The van der Waals surface area contributed by atoms with E-state index in [1.807, 2.05) is 0 Å². The van der Waals surface area contributed by atoms with Gasteiger partial charge < -0.3 is 4.90 Å². The average Bonchev–Trinajstić information content (AvgIpc) is 2.27. The summed E-state index contributed by atoms with van der Waals surface area (Å²) in [6, 6.07) is 2.10. The molecule has 0 aromatic carbocycles. The number of piperidine rings is 1. The molecule has 4 heteroatoms. The summed E-state index contributed by atoms with van der Waals surface area (Å²) in [5.41, 5.74) is 0.725. The lowest BCUT2D eigenvalue weighted by Gasteiger charge is -2.38. The molecule has 1 aliphatic rings. The van der Waals surface area contributed by atoms with Crippen LogP contribution in [0.1, 0.15) is 32.4 Å². The molecule has 0 spiro atoms. The van der Waals surface area contributed by atoms with Crippen LogP contribution in [0.2, 0.25) is 0 Å². The predicted octanol–water partition coefficient (Wildman–Crippen LogP) is 1.97. The van der Waals surface area contributed by atoms with Crippen molar-refractivity contribution in [3.05, 3.63) is 18.1 Å². The van der Waals surface area contributed by atoms with E-state index >= 15 is 0 Å². The standard InChI is InChI=1S/C12H16N4/c1-12(2)4-3-7-16(9-12)11-10(8-13)14-5-6-15-11/h5-6H,3-4,7,9H2,1-2H3. The quantitative estimate of drug-likeness (QED) is 0.720. The summed E-state index contributed by atoms with van der Waals surface area (Å²) in [4.78, 5) is 10.5. The summed E-state index contributed by atoms with van der Waals surface area (Å²) in [6.45, 7) is 6.42. The Kier molecular flexibility index (Phi) is 2.78. The van der Waals surface area contributed by atoms with Gasteiger partial charge in [0, 0.05) is 25.5 Å². The highest BCUT2D eigenvalue weighted by atomic mass is 15.2. The van der Waals surface area contributed by atoms with Crippen molar-refractivity contribution in [1.82, 2.24) is 9.97 Å². The third-order valence-electron chi connectivity index (χ3n) is 2.98. The van der Waals surface area contributed by atoms with Gasteiger partial charge in [0.25, 0.3) is 0 Å². The first kappa shape index (κ1) is 10.9. The van der Waals surface area contributed by atoms with Crippen LogP contribution in [0, 0.1) is 16.7 Å². The molecule has 0 unspecified atom stereocenters. The van der Waals surface area contributed by atoms with Crippen molar-refractivity contribution in [1.29, 1.82) is 5.26 Å². The molecule has 16 heavy (non-hydrogen) atoms. The Bertz CT molecular complexity index is 419. The molecular formula is C12H16N4. The van der Waals surface area contributed by atoms with E-state index in [1.54, 1.807) is 12.4 Å². The first-order valence-electron chi connectivity index (χ1n) is 5.58. The van der Waals surface area contributed by atoms with Crippen molar-refractivity contribution in [3.8, 4) is 6.07 Å². The fraction of sp³-hybridized carbons (Fsp3) is 0.583. The van der Waals surface area contributed by atoms with Gasteiger partial charge in [-0.25, -0.2) is 9.97 Å². The van der Waals surface area contributed by atoms with Crippen molar-refractivity contribution < 1.29 is 0 Å². The third-order valence-corrected chi connectivity index (χ3v) is 2.98. The molecule has 84 valence electrons. The Morgan fingerprint density at radius 2 is 2.12 bits per heavy atom. The number of rotatable bonds is 1. The minimum absolute atomic E-state index is 0.294. The Labute approximate surface area is 95.9 Å². The lowest BCUT2D eigenvalue weighted by molar-refractivity contribution is 0.292. The topological polar surface area (TPSA) is 52.8 Å². The first-order chi connectivity index (χ1) is 7.62. The summed E-state index contributed by atoms with van der Waals surface area (Å²) in [5.74, 6) is 0.734. The average molecular weight is 216 g/mol. The van der Waals surface area contributed by atoms with Crippen molar-refractivity contribution >= 4 is 5.82 Å². The SMILES string of the molecule is CC1(C)CCCN(c2nccnc2C#N)C1. The zero-order valence-corrected chi connectivity index (χ0v) is 9.77. The minimum atomic E-state index is 0.294. The fourth-order valence-electron chi connectivity index (χ4n) is 2.25. The van der Waals surface area contributed by atoms with Gasteiger partial charge in [-0.05, 0) is 18.3 Å². The van der Waals surface area contributed by atoms with Crippen LogP contribution in [0.4, 0.5) is 5.82 Å². The molecule has 0 bridgehead atoms. The van der Waals surface area contributed by atoms with E-state index in [2.05, 4.69) is 34.8 Å². The van der Waals surface area contributed by atoms with Crippen LogP contribution in [-0.2, 0) is 0 Å². The molecule has 4 nitrogen and oxygen atoms in total. The highest BCUT2D eigenvalue weighted by molar-refractivity contribution is 5.49. The van der Waals surface area contributed by atoms with Gasteiger partial charge in [-0.1, -0.05) is 13.8 Å². The smallest absolute Gasteiger partial charge is 0.183 e. The van der Waals surface area contributed by atoms with Gasteiger partial charge >= 0.3 is 0 Å². The molecule has 0 N–H and O–H groups in total. The second kappa shape index (κ2) is 4.09. The number of nitriles is 1. The lowest BCUT2D eigenvalue weighted by atomic mass is 9.84. The van der Waals surface area contributed by atoms with E-state index < -0.39 is 0 Å². The first-order valence-corrected chi connectivity index (χ1v) is 5.58. The lowest BCUT2D eigenvalue weighted by Crippen LogP contribution is -2.41. The van der Waals surface area contributed by atoms with E-state index in [0.29, 0.717) is 11.1 Å². The molecule has 0 saturated carbocycles. The van der Waals surface area contributed by atoms with Gasteiger partial charge in [0.1, 0.15) is 6.07 Å². The van der Waals surface area contributed by atoms with Gasteiger partial charge in [0.2, 0.25) is 0 Å². The monoisotopic (exact) mass is 216 g/mol. The third kappa shape index (κ3) is 2.13. The zero-order chi connectivity index (χ0) is 11.6. The molecule has 0 aliphatic carbocycles. The van der Waals surface area contributed by atoms with Gasteiger partial charge in [-0.15, -0.1) is 0 Å². The van der Waals surface area contributed by atoms with E-state index in [-0.39, 0.29) is 0 Å². The van der Waals surface area contributed by atoms with Gasteiger partial charge in [0.15, 0.2) is 11.5 Å². The van der Waals surface area contributed by atoms with E-state index in [0.717, 1.165) is 25.3 Å². The van der Waals surface area contributed by atoms with Crippen LogP contribution < -0.4 is 4.90 Å². The van der Waals surface area contributed by atoms with Crippen molar-refractivity contribution in [2.45, 2.75) is 26.7 Å². The van der Waals surface area contributed by atoms with Crippen LogP contribution in [0.3, 0.4) is 0 Å². The maximum atomic E-state index is 9.00. The normalized spacial score (nSPS) is 19.2. The minimum Gasteiger partial charge on any atom is -0.354 e. The summed E-state index contributed by atoms with van der Waals surface area (Å²) < 4.78 is 0. The largest absolute Gasteiger partial charge is 0.354 e. The molecule has 0 atom stereocenters. The number of anilines is 1. The second-order valence-electron chi connectivity index (χ2n) is 5.03. The van der Waals surface area contributed by atoms with Gasteiger partial charge in [-0.3, -0.25) is 0 Å². The number of hydrogen-bond acceptors (Lipinski definition) is 4. The van der Waals surface area contributed by atoms with Gasteiger partial charge in [-0.2, -0.15) is 5.26 Å². The highest BCUT2D eigenvalue weighted by Gasteiger charge is 2.28. The summed E-state index contributed by atoms with van der Waals surface area (Å²) in [6.07, 6.45) is 5.59. The summed E-state index contributed by atoms with van der Waals surface area (Å²) in [7, 11) is 0. The van der Waals surface area contributed by atoms with E-state index in [1.165, 1.54) is 6.42 Å². The Hall–Kier alpha value is -1.63. The molecule has 0 amide bonds. The number of hydrogen-bond donors (Lipinski definition) is 0. The van der Waals surface area contributed by atoms with E-state index in [9.17, 15) is 0 Å². The molecule has 1 aromatic rings. The van der Waals surface area contributed by atoms with Crippen LogP contribution in [0.15, 0.2) is 12.4 Å². The highest BCUT2D eigenvalue weighted by Crippen LogP contribution is 2.31.